The van der Waals surface area contributed by atoms with Gasteiger partial charge in [0.2, 0.25) is 0 Å². The van der Waals surface area contributed by atoms with Crippen LogP contribution in [0.1, 0.15) is 12.5 Å². The average molecular weight is 272 g/mol. The van der Waals surface area contributed by atoms with Gasteiger partial charge in [0.1, 0.15) is 5.82 Å². The number of hydrogen-bond acceptors (Lipinski definition) is 3. The van der Waals surface area contributed by atoms with Gasteiger partial charge in [-0.05, 0) is 55.5 Å². The molecule has 0 bridgehead atoms. The van der Waals surface area contributed by atoms with E-state index in [9.17, 15) is 0 Å². The van der Waals surface area contributed by atoms with E-state index in [2.05, 4.69) is 58.2 Å². The third-order valence-corrected chi connectivity index (χ3v) is 2.60. The van der Waals surface area contributed by atoms with Gasteiger partial charge in [-0.3, -0.25) is 0 Å². The van der Waals surface area contributed by atoms with Crippen LogP contribution in [0, 0.1) is 6.92 Å². The minimum Gasteiger partial charge on any atom is -0.365 e. The summed E-state index contributed by atoms with van der Waals surface area (Å²) in [7, 11) is 4.13. The van der Waals surface area contributed by atoms with Gasteiger partial charge in [0, 0.05) is 18.8 Å². The van der Waals surface area contributed by atoms with Gasteiger partial charge in [-0.2, -0.15) is 0 Å². The van der Waals surface area contributed by atoms with Crippen LogP contribution in [0.3, 0.4) is 0 Å². The molecule has 1 atom stereocenters. The Bertz CT molecular complexity index is 326. The summed E-state index contributed by atoms with van der Waals surface area (Å²) in [5.41, 5.74) is 1.16. The zero-order chi connectivity index (χ0) is 11.4. The molecule has 1 aromatic rings. The van der Waals surface area contributed by atoms with Crippen LogP contribution in [0.2, 0.25) is 0 Å². The highest BCUT2D eigenvalue weighted by atomic mass is 79.9. The lowest BCUT2D eigenvalue weighted by Crippen LogP contribution is -2.30. The molecule has 1 unspecified atom stereocenters. The Morgan fingerprint density at radius 2 is 2.20 bits per heavy atom. The van der Waals surface area contributed by atoms with E-state index in [4.69, 9.17) is 0 Å². The first-order chi connectivity index (χ1) is 6.99. The van der Waals surface area contributed by atoms with Gasteiger partial charge in [0.25, 0.3) is 0 Å². The number of rotatable bonds is 4. The lowest BCUT2D eigenvalue weighted by Gasteiger charge is -2.19. The topological polar surface area (TPSA) is 28.2 Å². The van der Waals surface area contributed by atoms with Crippen LogP contribution >= 0.6 is 15.9 Å². The molecule has 15 heavy (non-hydrogen) atoms. The smallest absolute Gasteiger partial charge is 0.140 e. The summed E-state index contributed by atoms with van der Waals surface area (Å²) in [6, 6.07) is 2.45. The number of halogens is 1. The molecule has 0 aliphatic carbocycles. The first-order valence-corrected chi connectivity index (χ1v) is 5.81. The van der Waals surface area contributed by atoms with E-state index in [0.29, 0.717) is 6.04 Å². The molecule has 1 heterocycles. The van der Waals surface area contributed by atoms with Gasteiger partial charge in [0.15, 0.2) is 0 Å². The lowest BCUT2D eigenvalue weighted by molar-refractivity contribution is 0.392. The highest BCUT2D eigenvalue weighted by Crippen LogP contribution is 2.21. The van der Waals surface area contributed by atoms with E-state index >= 15 is 0 Å². The van der Waals surface area contributed by atoms with Gasteiger partial charge in [0.05, 0.1) is 4.47 Å². The number of pyridine rings is 1. The Morgan fingerprint density at radius 1 is 1.53 bits per heavy atom. The summed E-state index contributed by atoms with van der Waals surface area (Å²) < 4.78 is 1.02. The molecule has 3 nitrogen and oxygen atoms in total. The maximum atomic E-state index is 4.35. The Labute approximate surface area is 100 Å². The second-order valence-corrected chi connectivity index (χ2v) is 5.01. The van der Waals surface area contributed by atoms with Crippen molar-refractivity contribution in [3.8, 4) is 0 Å². The van der Waals surface area contributed by atoms with E-state index in [-0.39, 0.29) is 0 Å². The maximum absolute atomic E-state index is 4.35. The standard InChI is InChI=1S/C11H18BrN3/c1-8-5-10(12)11(13-6-8)14-9(2)7-15(3)4/h5-6,9H,7H2,1-4H3,(H,13,14). The molecular formula is C11H18BrN3. The summed E-state index contributed by atoms with van der Waals surface area (Å²) >= 11 is 3.50. The van der Waals surface area contributed by atoms with Crippen LogP contribution in [-0.4, -0.2) is 36.6 Å². The molecule has 0 saturated carbocycles. The van der Waals surface area contributed by atoms with Crippen molar-refractivity contribution >= 4 is 21.7 Å². The average Bonchev–Trinajstić information content (AvgIpc) is 2.08. The SMILES string of the molecule is Cc1cnc(NC(C)CN(C)C)c(Br)c1. The molecule has 1 rings (SSSR count). The fourth-order valence-electron chi connectivity index (χ4n) is 1.47. The van der Waals surface area contributed by atoms with Crippen molar-refractivity contribution in [1.82, 2.24) is 9.88 Å². The van der Waals surface area contributed by atoms with Crippen LogP contribution in [0.15, 0.2) is 16.7 Å². The van der Waals surface area contributed by atoms with E-state index in [1.807, 2.05) is 13.1 Å². The molecule has 0 radical (unpaired) electrons. The van der Waals surface area contributed by atoms with E-state index < -0.39 is 0 Å². The number of aryl methyl sites for hydroxylation is 1. The Balaban J connectivity index is 2.64. The molecule has 0 saturated heterocycles. The largest absolute Gasteiger partial charge is 0.365 e. The number of aromatic nitrogens is 1. The van der Waals surface area contributed by atoms with Gasteiger partial charge >= 0.3 is 0 Å². The summed E-state index contributed by atoms with van der Waals surface area (Å²) in [5.74, 6) is 0.912. The van der Waals surface area contributed by atoms with Crippen LogP contribution in [0.4, 0.5) is 5.82 Å². The van der Waals surface area contributed by atoms with E-state index in [0.717, 1.165) is 22.4 Å². The molecule has 1 N–H and O–H groups in total. The van der Waals surface area contributed by atoms with Crippen LogP contribution in [0.25, 0.3) is 0 Å². The van der Waals surface area contributed by atoms with Gasteiger partial charge in [-0.1, -0.05) is 0 Å². The van der Waals surface area contributed by atoms with Crippen molar-refractivity contribution in [2.24, 2.45) is 0 Å². The number of hydrogen-bond donors (Lipinski definition) is 1. The second-order valence-electron chi connectivity index (χ2n) is 4.15. The van der Waals surface area contributed by atoms with Gasteiger partial charge in [-0.25, -0.2) is 4.98 Å². The quantitative estimate of drug-likeness (QED) is 0.912. The third kappa shape index (κ3) is 4.18. The normalized spacial score (nSPS) is 12.9. The van der Waals surface area contributed by atoms with Crippen molar-refractivity contribution in [3.63, 3.8) is 0 Å². The molecule has 0 amide bonds. The van der Waals surface area contributed by atoms with Crippen molar-refractivity contribution in [3.05, 3.63) is 22.3 Å². The predicted octanol–water partition coefficient (Wildman–Crippen LogP) is 2.51. The molecule has 1 aromatic heterocycles. The van der Waals surface area contributed by atoms with Gasteiger partial charge < -0.3 is 10.2 Å². The predicted molar refractivity (Wildman–Crippen MR) is 68.3 cm³/mol. The molecule has 0 fully saturated rings. The first kappa shape index (κ1) is 12.5. The van der Waals surface area contributed by atoms with Crippen molar-refractivity contribution in [1.29, 1.82) is 0 Å². The molecule has 0 aromatic carbocycles. The summed E-state index contributed by atoms with van der Waals surface area (Å²) in [5, 5.41) is 3.37. The Hall–Kier alpha value is -0.610. The zero-order valence-corrected chi connectivity index (χ0v) is 11.3. The van der Waals surface area contributed by atoms with Crippen LogP contribution in [0.5, 0.6) is 0 Å². The third-order valence-electron chi connectivity index (χ3n) is 2.00. The molecule has 0 aliphatic heterocycles. The second kappa shape index (κ2) is 5.47. The van der Waals surface area contributed by atoms with Crippen molar-refractivity contribution in [2.75, 3.05) is 26.0 Å². The lowest BCUT2D eigenvalue weighted by atomic mass is 10.3. The molecular weight excluding hydrogens is 254 g/mol. The van der Waals surface area contributed by atoms with Crippen LogP contribution in [-0.2, 0) is 0 Å². The Kier molecular flexibility index (Phi) is 4.54. The summed E-state index contributed by atoms with van der Waals surface area (Å²) in [4.78, 5) is 6.50. The molecule has 4 heteroatoms. The summed E-state index contributed by atoms with van der Waals surface area (Å²) in [6.07, 6.45) is 1.87. The molecule has 0 spiro atoms. The molecule has 0 aliphatic rings. The van der Waals surface area contributed by atoms with E-state index in [1.165, 1.54) is 0 Å². The monoisotopic (exact) mass is 271 g/mol. The minimum atomic E-state index is 0.381. The number of anilines is 1. The number of likely N-dealkylation sites (N-methyl/N-ethyl adjacent to an activating group) is 1. The highest BCUT2D eigenvalue weighted by Gasteiger charge is 2.07. The zero-order valence-electron chi connectivity index (χ0n) is 9.71. The van der Waals surface area contributed by atoms with Crippen molar-refractivity contribution in [2.45, 2.75) is 19.9 Å². The fourth-order valence-corrected chi connectivity index (χ4v) is 2.04. The van der Waals surface area contributed by atoms with Gasteiger partial charge in [-0.15, -0.1) is 0 Å². The highest BCUT2D eigenvalue weighted by molar-refractivity contribution is 9.10. The summed E-state index contributed by atoms with van der Waals surface area (Å²) in [6.45, 7) is 5.17. The Morgan fingerprint density at radius 3 is 2.73 bits per heavy atom. The van der Waals surface area contributed by atoms with E-state index in [1.54, 1.807) is 0 Å². The minimum absolute atomic E-state index is 0.381. The number of nitrogens with zero attached hydrogens (tertiary/aromatic N) is 2. The first-order valence-electron chi connectivity index (χ1n) is 5.02. The van der Waals surface area contributed by atoms with Crippen molar-refractivity contribution < 1.29 is 0 Å². The number of nitrogens with one attached hydrogen (secondary N) is 1. The van der Waals surface area contributed by atoms with Crippen LogP contribution < -0.4 is 5.32 Å². The fraction of sp³-hybridized carbons (Fsp3) is 0.545. The molecule has 84 valence electrons. The maximum Gasteiger partial charge on any atom is 0.140 e.